The van der Waals surface area contributed by atoms with Gasteiger partial charge in [-0.1, -0.05) is 20.3 Å². The largest absolute Gasteiger partial charge is 0.315 e. The molecule has 0 radical (unpaired) electrons. The van der Waals surface area contributed by atoms with Crippen molar-refractivity contribution in [2.75, 3.05) is 18.8 Å². The molecule has 0 bridgehead atoms. The molecule has 0 aromatic rings. The first-order valence-electron chi connectivity index (χ1n) is 5.46. The van der Waals surface area contributed by atoms with E-state index in [9.17, 15) is 8.42 Å². The molecule has 3 nitrogen and oxygen atoms in total. The number of unbranched alkanes of at least 4 members (excludes halogenated alkanes) is 1. The number of hydrogen-bond acceptors (Lipinski definition) is 3. The SMILES string of the molecule is CCCCS(=O)(=O)C(C)CNCCC. The number of rotatable bonds is 8. The summed E-state index contributed by atoms with van der Waals surface area (Å²) in [5.41, 5.74) is 0. The van der Waals surface area contributed by atoms with Crippen LogP contribution in [0.3, 0.4) is 0 Å². The summed E-state index contributed by atoms with van der Waals surface area (Å²) in [5, 5.41) is 2.89. The summed E-state index contributed by atoms with van der Waals surface area (Å²) in [6.45, 7) is 7.35. The molecule has 0 aliphatic carbocycles. The third-order valence-electron chi connectivity index (χ3n) is 2.25. The second-order valence-corrected chi connectivity index (χ2v) is 6.27. The maximum Gasteiger partial charge on any atom is 0.154 e. The molecule has 0 amide bonds. The number of sulfone groups is 1. The minimum atomic E-state index is -2.87. The van der Waals surface area contributed by atoms with Crippen LogP contribution in [-0.2, 0) is 9.84 Å². The maximum absolute atomic E-state index is 11.6. The Labute approximate surface area is 88.2 Å². The van der Waals surface area contributed by atoms with Gasteiger partial charge in [0.05, 0.1) is 11.0 Å². The first-order chi connectivity index (χ1) is 6.54. The quantitative estimate of drug-likeness (QED) is 0.633. The highest BCUT2D eigenvalue weighted by atomic mass is 32.2. The zero-order valence-electron chi connectivity index (χ0n) is 9.54. The van der Waals surface area contributed by atoms with Gasteiger partial charge in [0.1, 0.15) is 0 Å². The van der Waals surface area contributed by atoms with Crippen molar-refractivity contribution in [2.24, 2.45) is 0 Å². The fourth-order valence-electron chi connectivity index (χ4n) is 1.16. The lowest BCUT2D eigenvalue weighted by atomic mass is 10.4. The van der Waals surface area contributed by atoms with Crippen LogP contribution in [0.1, 0.15) is 40.0 Å². The van der Waals surface area contributed by atoms with Crippen molar-refractivity contribution in [3.05, 3.63) is 0 Å². The zero-order valence-corrected chi connectivity index (χ0v) is 10.4. The van der Waals surface area contributed by atoms with Gasteiger partial charge in [0, 0.05) is 6.54 Å². The summed E-state index contributed by atoms with van der Waals surface area (Å²) in [4.78, 5) is 0. The Balaban J connectivity index is 3.89. The van der Waals surface area contributed by atoms with Gasteiger partial charge in [0.25, 0.3) is 0 Å². The van der Waals surface area contributed by atoms with E-state index in [1.165, 1.54) is 0 Å². The average Bonchev–Trinajstić information content (AvgIpc) is 2.15. The van der Waals surface area contributed by atoms with Crippen molar-refractivity contribution in [3.63, 3.8) is 0 Å². The molecular weight excluding hydrogens is 198 g/mol. The van der Waals surface area contributed by atoms with Crippen molar-refractivity contribution in [2.45, 2.75) is 45.3 Å². The van der Waals surface area contributed by atoms with E-state index in [1.807, 2.05) is 6.92 Å². The van der Waals surface area contributed by atoms with E-state index >= 15 is 0 Å². The van der Waals surface area contributed by atoms with Crippen LogP contribution in [0.5, 0.6) is 0 Å². The molecule has 0 spiro atoms. The highest BCUT2D eigenvalue weighted by Gasteiger charge is 2.19. The lowest BCUT2D eigenvalue weighted by molar-refractivity contribution is 0.568. The predicted octanol–water partition coefficient (Wildman–Crippen LogP) is 1.59. The van der Waals surface area contributed by atoms with Crippen LogP contribution < -0.4 is 5.32 Å². The van der Waals surface area contributed by atoms with Gasteiger partial charge in [-0.05, 0) is 26.3 Å². The Morgan fingerprint density at radius 3 is 2.36 bits per heavy atom. The molecule has 0 rings (SSSR count). The van der Waals surface area contributed by atoms with E-state index in [0.717, 1.165) is 25.8 Å². The molecule has 0 aliphatic heterocycles. The third kappa shape index (κ3) is 5.60. The lowest BCUT2D eigenvalue weighted by Crippen LogP contribution is -2.32. The molecule has 0 aromatic carbocycles. The van der Waals surface area contributed by atoms with Crippen LogP contribution in [0.25, 0.3) is 0 Å². The molecule has 4 heteroatoms. The second kappa shape index (κ2) is 7.23. The molecule has 0 aromatic heterocycles. The highest BCUT2D eigenvalue weighted by molar-refractivity contribution is 7.92. The van der Waals surface area contributed by atoms with Crippen LogP contribution in [0.4, 0.5) is 0 Å². The van der Waals surface area contributed by atoms with Gasteiger partial charge in [-0.25, -0.2) is 8.42 Å². The first kappa shape index (κ1) is 13.9. The normalized spacial score (nSPS) is 14.2. The van der Waals surface area contributed by atoms with Crippen LogP contribution in [-0.4, -0.2) is 32.5 Å². The summed E-state index contributed by atoms with van der Waals surface area (Å²) < 4.78 is 23.3. The van der Waals surface area contributed by atoms with Crippen molar-refractivity contribution >= 4 is 9.84 Å². The third-order valence-corrected chi connectivity index (χ3v) is 4.50. The van der Waals surface area contributed by atoms with Crippen molar-refractivity contribution < 1.29 is 8.42 Å². The number of nitrogens with one attached hydrogen (secondary N) is 1. The van der Waals surface area contributed by atoms with E-state index in [2.05, 4.69) is 12.2 Å². The molecule has 0 fully saturated rings. The van der Waals surface area contributed by atoms with E-state index in [0.29, 0.717) is 12.3 Å². The standard InChI is InChI=1S/C10H23NO2S/c1-4-6-8-14(12,13)10(3)9-11-7-5-2/h10-11H,4-9H2,1-3H3. The van der Waals surface area contributed by atoms with Gasteiger partial charge < -0.3 is 5.32 Å². The summed E-state index contributed by atoms with van der Waals surface area (Å²) in [7, 11) is -2.87. The molecule has 0 saturated carbocycles. The van der Waals surface area contributed by atoms with Gasteiger partial charge in [0.15, 0.2) is 9.84 Å². The summed E-state index contributed by atoms with van der Waals surface area (Å²) in [5.74, 6) is 0.332. The van der Waals surface area contributed by atoms with Crippen molar-refractivity contribution in [1.29, 1.82) is 0 Å². The topological polar surface area (TPSA) is 46.2 Å². The van der Waals surface area contributed by atoms with Gasteiger partial charge in [-0.2, -0.15) is 0 Å². The van der Waals surface area contributed by atoms with Crippen LogP contribution in [0.2, 0.25) is 0 Å². The minimum absolute atomic E-state index is 0.249. The fourth-order valence-corrected chi connectivity index (χ4v) is 2.62. The van der Waals surface area contributed by atoms with E-state index in [4.69, 9.17) is 0 Å². The smallest absolute Gasteiger partial charge is 0.154 e. The van der Waals surface area contributed by atoms with E-state index in [1.54, 1.807) is 6.92 Å². The summed E-state index contributed by atoms with van der Waals surface area (Å²) in [6, 6.07) is 0. The molecule has 0 aliphatic rings. The van der Waals surface area contributed by atoms with E-state index in [-0.39, 0.29) is 5.25 Å². The molecule has 1 atom stereocenters. The lowest BCUT2D eigenvalue weighted by Gasteiger charge is -2.13. The maximum atomic E-state index is 11.6. The Bertz CT molecular complexity index is 224. The Kier molecular flexibility index (Phi) is 7.19. The summed E-state index contributed by atoms with van der Waals surface area (Å²) in [6.07, 6.45) is 2.76. The highest BCUT2D eigenvalue weighted by Crippen LogP contribution is 2.04. The minimum Gasteiger partial charge on any atom is -0.315 e. The van der Waals surface area contributed by atoms with Gasteiger partial charge in [-0.15, -0.1) is 0 Å². The number of hydrogen-bond donors (Lipinski definition) is 1. The van der Waals surface area contributed by atoms with Crippen LogP contribution >= 0.6 is 0 Å². The first-order valence-corrected chi connectivity index (χ1v) is 7.18. The zero-order chi connectivity index (χ0) is 11.0. The molecule has 1 N–H and O–H groups in total. The molecule has 1 unspecified atom stereocenters. The average molecular weight is 221 g/mol. The molecule has 0 heterocycles. The predicted molar refractivity (Wildman–Crippen MR) is 61.3 cm³/mol. The molecule has 14 heavy (non-hydrogen) atoms. The van der Waals surface area contributed by atoms with Gasteiger partial charge in [0.2, 0.25) is 0 Å². The molecule has 86 valence electrons. The van der Waals surface area contributed by atoms with Crippen molar-refractivity contribution in [3.8, 4) is 0 Å². The monoisotopic (exact) mass is 221 g/mol. The molecule has 0 saturated heterocycles. The fraction of sp³-hybridized carbons (Fsp3) is 1.00. The van der Waals surface area contributed by atoms with Crippen LogP contribution in [0.15, 0.2) is 0 Å². The Morgan fingerprint density at radius 1 is 1.21 bits per heavy atom. The Hall–Kier alpha value is -0.0900. The van der Waals surface area contributed by atoms with Crippen LogP contribution in [0, 0.1) is 0 Å². The van der Waals surface area contributed by atoms with E-state index < -0.39 is 9.84 Å². The second-order valence-electron chi connectivity index (χ2n) is 3.74. The van der Waals surface area contributed by atoms with Crippen molar-refractivity contribution in [1.82, 2.24) is 5.32 Å². The Morgan fingerprint density at radius 2 is 1.86 bits per heavy atom. The van der Waals surface area contributed by atoms with Gasteiger partial charge >= 0.3 is 0 Å². The summed E-state index contributed by atoms with van der Waals surface area (Å²) >= 11 is 0. The molecular formula is C10H23NO2S. The van der Waals surface area contributed by atoms with Gasteiger partial charge in [-0.3, -0.25) is 0 Å².